The number of nitrogens with one attached hydrogen (secondary N) is 1. The largest absolute Gasteiger partial charge is 0.491 e. The lowest BCUT2D eigenvalue weighted by Gasteiger charge is -2.36. The molecule has 1 saturated heterocycles. The van der Waals surface area contributed by atoms with Crippen molar-refractivity contribution in [3.8, 4) is 5.75 Å². The lowest BCUT2D eigenvalue weighted by molar-refractivity contribution is -0.131. The molecule has 0 bridgehead atoms. The Bertz CT molecular complexity index is 1770. The van der Waals surface area contributed by atoms with Crippen molar-refractivity contribution in [1.29, 1.82) is 0 Å². The van der Waals surface area contributed by atoms with Crippen LogP contribution in [0, 0.1) is 0 Å². The molecular weight excluding hydrogens is 594 g/mol. The molecule has 0 aromatic heterocycles. The van der Waals surface area contributed by atoms with Crippen molar-refractivity contribution in [1.82, 2.24) is 4.90 Å². The summed E-state index contributed by atoms with van der Waals surface area (Å²) in [5.74, 6) is 0.125. The molecule has 0 spiro atoms. The molecule has 5 rings (SSSR count). The minimum Gasteiger partial charge on any atom is -0.491 e. The van der Waals surface area contributed by atoms with E-state index in [0.717, 1.165) is 22.7 Å². The second-order valence-electron chi connectivity index (χ2n) is 10.8. The molecule has 1 aliphatic heterocycles. The number of fused-ring (bicyclic) bond motifs is 1. The molecule has 0 unspecified atom stereocenters. The van der Waals surface area contributed by atoms with E-state index in [9.17, 15) is 22.8 Å². The molecule has 1 heterocycles. The molecule has 1 N–H and O–H groups in total. The van der Waals surface area contributed by atoms with E-state index in [0.29, 0.717) is 48.7 Å². The number of ketones is 1. The van der Waals surface area contributed by atoms with Crippen LogP contribution in [0.1, 0.15) is 33.6 Å². The van der Waals surface area contributed by atoms with Crippen LogP contribution in [-0.2, 0) is 19.1 Å². The van der Waals surface area contributed by atoms with Crippen molar-refractivity contribution >= 4 is 49.9 Å². The third kappa shape index (κ3) is 8.90. The Morgan fingerprint density at radius 1 is 0.756 bits per heavy atom. The van der Waals surface area contributed by atoms with Gasteiger partial charge in [0.2, 0.25) is 5.91 Å². The fourth-order valence-electron chi connectivity index (χ4n) is 5.11. The third-order valence-electron chi connectivity index (χ3n) is 7.53. The fourth-order valence-corrected chi connectivity index (χ4v) is 5.48. The normalized spacial score (nSPS) is 13.4. The van der Waals surface area contributed by atoms with Gasteiger partial charge in [0, 0.05) is 61.5 Å². The summed E-state index contributed by atoms with van der Waals surface area (Å²) in [6.45, 7) is 2.40. The Morgan fingerprint density at radius 2 is 1.42 bits per heavy atom. The van der Waals surface area contributed by atoms with Gasteiger partial charge in [0.15, 0.2) is 5.78 Å². The molecule has 0 atom stereocenters. The summed E-state index contributed by atoms with van der Waals surface area (Å²) in [6, 6.07) is 27.7. The van der Waals surface area contributed by atoms with Gasteiger partial charge < -0.3 is 19.9 Å². The van der Waals surface area contributed by atoms with E-state index in [-0.39, 0.29) is 43.7 Å². The number of piperazine rings is 1. The summed E-state index contributed by atoms with van der Waals surface area (Å²) in [7, 11) is -3.52. The van der Waals surface area contributed by atoms with Crippen LogP contribution >= 0.6 is 0 Å². The molecule has 1 fully saturated rings. The number of Topliss-reactive ketones (excluding diaryl/α,β-unsaturated/α-hetero) is 1. The quantitative estimate of drug-likeness (QED) is 0.135. The molecular formula is C34H35N3O7S. The Balaban J connectivity index is 1.04. The van der Waals surface area contributed by atoms with Crippen molar-refractivity contribution < 1.29 is 31.7 Å². The summed E-state index contributed by atoms with van der Waals surface area (Å²) < 4.78 is 32.0. The van der Waals surface area contributed by atoms with Gasteiger partial charge in [0.05, 0.1) is 6.26 Å². The van der Waals surface area contributed by atoms with Crippen molar-refractivity contribution in [3.63, 3.8) is 0 Å². The van der Waals surface area contributed by atoms with Crippen LogP contribution in [-0.4, -0.2) is 76.6 Å². The summed E-state index contributed by atoms with van der Waals surface area (Å²) in [5, 5.41) is 5.06. The maximum atomic E-state index is 12.8. The second-order valence-corrected chi connectivity index (χ2v) is 12.4. The predicted molar refractivity (Wildman–Crippen MR) is 173 cm³/mol. The smallest absolute Gasteiger partial charge is 0.264 e. The van der Waals surface area contributed by atoms with Gasteiger partial charge in [-0.3, -0.25) is 18.6 Å². The highest BCUT2D eigenvalue weighted by molar-refractivity contribution is 7.85. The van der Waals surface area contributed by atoms with Gasteiger partial charge in [-0.15, -0.1) is 0 Å². The number of anilines is 2. The molecule has 4 aromatic rings. The van der Waals surface area contributed by atoms with Crippen molar-refractivity contribution in [2.75, 3.05) is 55.9 Å². The predicted octanol–water partition coefficient (Wildman–Crippen LogP) is 4.76. The Labute approximate surface area is 262 Å². The number of hydrogen-bond donors (Lipinski definition) is 1. The van der Waals surface area contributed by atoms with E-state index in [1.54, 1.807) is 29.2 Å². The number of ether oxygens (including phenoxy) is 1. The average Bonchev–Trinajstić information content (AvgIpc) is 3.05. The first-order valence-electron chi connectivity index (χ1n) is 14.7. The topological polar surface area (TPSA) is 122 Å². The van der Waals surface area contributed by atoms with E-state index in [4.69, 9.17) is 4.74 Å². The number of nitrogens with zero attached hydrogens (tertiary/aromatic N) is 2. The van der Waals surface area contributed by atoms with E-state index in [2.05, 4.69) is 14.4 Å². The van der Waals surface area contributed by atoms with E-state index >= 15 is 0 Å². The van der Waals surface area contributed by atoms with Crippen molar-refractivity contribution in [2.24, 2.45) is 0 Å². The minimum absolute atomic E-state index is 0.0540. The van der Waals surface area contributed by atoms with Crippen LogP contribution in [0.3, 0.4) is 0 Å². The van der Waals surface area contributed by atoms with Crippen LogP contribution in [0.2, 0.25) is 0 Å². The Kier molecular flexibility index (Phi) is 10.1. The van der Waals surface area contributed by atoms with Crippen LogP contribution in [0.25, 0.3) is 10.8 Å². The zero-order valence-corrected chi connectivity index (χ0v) is 25.8. The third-order valence-corrected chi connectivity index (χ3v) is 8.12. The fraction of sp³-hybridized carbons (Fsp3) is 0.265. The van der Waals surface area contributed by atoms with E-state index in [1.807, 2.05) is 66.7 Å². The van der Waals surface area contributed by atoms with Gasteiger partial charge in [0.1, 0.15) is 19.0 Å². The van der Waals surface area contributed by atoms with Crippen LogP contribution in [0.4, 0.5) is 11.4 Å². The molecule has 234 valence electrons. The maximum absolute atomic E-state index is 12.8. The number of carbonyl (C=O) groups is 3. The SMILES string of the molecule is CS(=O)(=O)OCCOc1ccc(C(=O)CCC(=O)N2CCN(c3ccc(NC(=O)c4ccc5ccccc5c4)cc3)CC2)cc1. The second kappa shape index (κ2) is 14.4. The Hall–Kier alpha value is -4.74. The van der Waals surface area contributed by atoms with E-state index in [1.165, 1.54) is 0 Å². The zero-order chi connectivity index (χ0) is 31.8. The molecule has 0 radical (unpaired) electrons. The highest BCUT2D eigenvalue weighted by atomic mass is 32.2. The highest BCUT2D eigenvalue weighted by Gasteiger charge is 2.22. The molecule has 0 aliphatic carbocycles. The molecule has 11 heteroatoms. The summed E-state index contributed by atoms with van der Waals surface area (Å²) in [4.78, 5) is 42.3. The number of benzene rings is 4. The van der Waals surface area contributed by atoms with Gasteiger partial charge in [-0.1, -0.05) is 30.3 Å². The molecule has 0 saturated carbocycles. The first-order valence-corrected chi connectivity index (χ1v) is 16.5. The van der Waals surface area contributed by atoms with Crippen molar-refractivity contribution in [3.05, 3.63) is 102 Å². The average molecular weight is 630 g/mol. The Morgan fingerprint density at radius 3 is 2.11 bits per heavy atom. The van der Waals surface area contributed by atoms with Gasteiger partial charge >= 0.3 is 0 Å². The van der Waals surface area contributed by atoms with Gasteiger partial charge in [0.25, 0.3) is 16.0 Å². The monoisotopic (exact) mass is 629 g/mol. The lowest BCUT2D eigenvalue weighted by Crippen LogP contribution is -2.48. The van der Waals surface area contributed by atoms with Gasteiger partial charge in [-0.2, -0.15) is 8.42 Å². The zero-order valence-electron chi connectivity index (χ0n) is 25.0. The summed E-state index contributed by atoms with van der Waals surface area (Å²) in [6.07, 6.45) is 1.20. The minimum atomic E-state index is -3.52. The van der Waals surface area contributed by atoms with E-state index < -0.39 is 10.1 Å². The molecule has 4 aromatic carbocycles. The molecule has 10 nitrogen and oxygen atoms in total. The molecule has 45 heavy (non-hydrogen) atoms. The standard InChI is InChI=1S/C34H35N3O7S/c1-45(41,42)44-23-22-43-31-14-8-26(9-15-31)32(38)16-17-33(39)37-20-18-36(19-21-37)30-12-10-29(11-13-30)35-34(40)28-7-6-25-4-2-3-5-27(25)24-28/h2-15,24H,16-23H2,1H3,(H,35,40). The van der Waals surface area contributed by atoms with Crippen LogP contribution < -0.4 is 15.0 Å². The number of carbonyl (C=O) groups excluding carboxylic acids is 3. The summed E-state index contributed by atoms with van der Waals surface area (Å²) >= 11 is 0. The van der Waals surface area contributed by atoms with Crippen LogP contribution in [0.15, 0.2) is 91.0 Å². The number of amides is 2. The van der Waals surface area contributed by atoms with Crippen LogP contribution in [0.5, 0.6) is 5.75 Å². The molecule has 2 amide bonds. The summed E-state index contributed by atoms with van der Waals surface area (Å²) in [5.41, 5.74) is 2.79. The number of hydrogen-bond acceptors (Lipinski definition) is 8. The van der Waals surface area contributed by atoms with Crippen molar-refractivity contribution in [2.45, 2.75) is 12.8 Å². The highest BCUT2D eigenvalue weighted by Crippen LogP contribution is 2.22. The first kappa shape index (κ1) is 31.7. The first-order chi connectivity index (χ1) is 21.6. The maximum Gasteiger partial charge on any atom is 0.264 e. The number of rotatable bonds is 12. The molecule has 1 aliphatic rings. The van der Waals surface area contributed by atoms with Gasteiger partial charge in [-0.25, -0.2) is 0 Å². The lowest BCUT2D eigenvalue weighted by atomic mass is 10.1. The van der Waals surface area contributed by atoms with Gasteiger partial charge in [-0.05, 0) is 71.4 Å².